The van der Waals surface area contributed by atoms with Crippen molar-refractivity contribution in [1.82, 2.24) is 9.80 Å². The van der Waals surface area contributed by atoms with Crippen LogP contribution in [0.5, 0.6) is 0 Å². The molecular formula is C15H19FN2O. The fraction of sp³-hybridized carbons (Fsp3) is 0.400. The van der Waals surface area contributed by atoms with Gasteiger partial charge >= 0.3 is 0 Å². The van der Waals surface area contributed by atoms with Crippen LogP contribution in [0.1, 0.15) is 5.56 Å². The van der Waals surface area contributed by atoms with Gasteiger partial charge in [-0.1, -0.05) is 12.1 Å². The largest absolute Gasteiger partial charge is 0.375 e. The Morgan fingerprint density at radius 3 is 2.42 bits per heavy atom. The molecule has 1 heterocycles. The summed E-state index contributed by atoms with van der Waals surface area (Å²) in [6.45, 7) is 4.91. The van der Waals surface area contributed by atoms with Crippen molar-refractivity contribution in [3.63, 3.8) is 0 Å². The first kappa shape index (κ1) is 13.7. The minimum atomic E-state index is -0.181. The summed E-state index contributed by atoms with van der Waals surface area (Å²) in [6.07, 6.45) is 5.14. The number of hydrogen-bond donors (Lipinski definition) is 0. The zero-order valence-electron chi connectivity index (χ0n) is 11.0. The molecule has 19 heavy (non-hydrogen) atoms. The number of piperazine rings is 1. The zero-order chi connectivity index (χ0) is 13.5. The van der Waals surface area contributed by atoms with Crippen molar-refractivity contribution in [3.05, 3.63) is 47.9 Å². The molecule has 102 valence electrons. The zero-order valence-corrected chi connectivity index (χ0v) is 11.0. The number of allylic oxidation sites excluding steroid dienone is 1. The van der Waals surface area contributed by atoms with Gasteiger partial charge in [-0.15, -0.1) is 0 Å². The van der Waals surface area contributed by atoms with Gasteiger partial charge in [0.1, 0.15) is 12.1 Å². The first-order valence-electron chi connectivity index (χ1n) is 6.61. The number of rotatable bonds is 5. The molecule has 0 amide bonds. The highest BCUT2D eigenvalue weighted by Gasteiger charge is 2.13. The van der Waals surface area contributed by atoms with Gasteiger partial charge in [-0.2, -0.15) is 0 Å². The van der Waals surface area contributed by atoms with Gasteiger partial charge in [-0.05, 0) is 30.2 Å². The molecule has 1 saturated heterocycles. The van der Waals surface area contributed by atoms with E-state index in [-0.39, 0.29) is 5.82 Å². The van der Waals surface area contributed by atoms with Gasteiger partial charge in [-0.3, -0.25) is 9.69 Å². The van der Waals surface area contributed by atoms with Crippen LogP contribution in [-0.2, 0) is 11.2 Å². The maximum atomic E-state index is 12.8. The fourth-order valence-corrected chi connectivity index (χ4v) is 2.23. The van der Waals surface area contributed by atoms with Crippen molar-refractivity contribution in [3.8, 4) is 0 Å². The summed E-state index contributed by atoms with van der Waals surface area (Å²) in [5.74, 6) is -0.181. The van der Waals surface area contributed by atoms with Crippen molar-refractivity contribution in [1.29, 1.82) is 0 Å². The molecule has 1 aromatic carbocycles. The maximum absolute atomic E-state index is 12.8. The third kappa shape index (κ3) is 4.48. The van der Waals surface area contributed by atoms with Crippen LogP contribution in [0.4, 0.5) is 4.39 Å². The molecular weight excluding hydrogens is 243 g/mol. The first-order valence-corrected chi connectivity index (χ1v) is 6.61. The molecule has 3 nitrogen and oxygen atoms in total. The molecule has 1 aromatic rings. The smallest absolute Gasteiger partial charge is 0.144 e. The second-order valence-corrected chi connectivity index (χ2v) is 4.73. The molecule has 1 aliphatic rings. The lowest BCUT2D eigenvalue weighted by molar-refractivity contribution is -0.104. The lowest BCUT2D eigenvalue weighted by Gasteiger charge is -2.34. The normalized spacial score (nSPS) is 17.0. The van der Waals surface area contributed by atoms with E-state index in [2.05, 4.69) is 9.80 Å². The number of carbonyl (C=O) groups excluding carboxylic acids is 1. The standard InChI is InChI=1S/C15H19FN2O/c16-15-4-2-14(3-5-15)6-8-18-11-9-17(10-12-18)7-1-13-19/h1-5,7,13H,6,8-12H2. The van der Waals surface area contributed by atoms with E-state index < -0.39 is 0 Å². The van der Waals surface area contributed by atoms with Crippen LogP contribution in [0.2, 0.25) is 0 Å². The number of carbonyl (C=O) groups is 1. The van der Waals surface area contributed by atoms with Gasteiger partial charge in [0.2, 0.25) is 0 Å². The Kier molecular flexibility index (Phi) is 5.10. The molecule has 0 bridgehead atoms. The molecule has 0 aliphatic carbocycles. The summed E-state index contributed by atoms with van der Waals surface area (Å²) in [5.41, 5.74) is 1.17. The van der Waals surface area contributed by atoms with Crippen molar-refractivity contribution in [2.24, 2.45) is 0 Å². The second-order valence-electron chi connectivity index (χ2n) is 4.73. The van der Waals surface area contributed by atoms with Crippen LogP contribution >= 0.6 is 0 Å². The van der Waals surface area contributed by atoms with Gasteiger partial charge in [0, 0.05) is 38.9 Å². The number of benzene rings is 1. The van der Waals surface area contributed by atoms with Crippen LogP contribution in [0.3, 0.4) is 0 Å². The van der Waals surface area contributed by atoms with Crippen LogP contribution < -0.4 is 0 Å². The quantitative estimate of drug-likeness (QED) is 0.596. The first-order chi connectivity index (χ1) is 9.28. The van der Waals surface area contributed by atoms with E-state index in [1.807, 2.05) is 18.3 Å². The Labute approximate surface area is 113 Å². The molecule has 0 radical (unpaired) electrons. The lowest BCUT2D eigenvalue weighted by Crippen LogP contribution is -2.44. The van der Waals surface area contributed by atoms with E-state index in [9.17, 15) is 9.18 Å². The maximum Gasteiger partial charge on any atom is 0.144 e. The summed E-state index contributed by atoms with van der Waals surface area (Å²) in [6, 6.07) is 6.71. The van der Waals surface area contributed by atoms with E-state index >= 15 is 0 Å². The van der Waals surface area contributed by atoms with Gasteiger partial charge in [0.25, 0.3) is 0 Å². The third-order valence-corrected chi connectivity index (χ3v) is 3.41. The average Bonchev–Trinajstić information content (AvgIpc) is 2.46. The van der Waals surface area contributed by atoms with E-state index in [0.29, 0.717) is 0 Å². The fourth-order valence-electron chi connectivity index (χ4n) is 2.23. The molecule has 0 aromatic heterocycles. The number of halogens is 1. The molecule has 0 atom stereocenters. The van der Waals surface area contributed by atoms with E-state index in [1.165, 1.54) is 23.8 Å². The van der Waals surface area contributed by atoms with Crippen molar-refractivity contribution < 1.29 is 9.18 Å². The molecule has 1 aliphatic heterocycles. The summed E-state index contributed by atoms with van der Waals surface area (Å²) in [5, 5.41) is 0. The van der Waals surface area contributed by atoms with Crippen molar-refractivity contribution in [2.75, 3.05) is 32.7 Å². The second kappa shape index (κ2) is 7.04. The monoisotopic (exact) mass is 262 g/mol. The van der Waals surface area contributed by atoms with Crippen LogP contribution in [0.25, 0.3) is 0 Å². The van der Waals surface area contributed by atoms with Crippen molar-refractivity contribution in [2.45, 2.75) is 6.42 Å². The summed E-state index contributed by atoms with van der Waals surface area (Å²) in [4.78, 5) is 14.8. The number of nitrogens with zero attached hydrogens (tertiary/aromatic N) is 2. The lowest BCUT2D eigenvalue weighted by atomic mass is 10.1. The molecule has 1 fully saturated rings. The van der Waals surface area contributed by atoms with Gasteiger partial charge in [-0.25, -0.2) is 4.39 Å². The molecule has 2 rings (SSSR count). The van der Waals surface area contributed by atoms with Gasteiger partial charge in [0.15, 0.2) is 0 Å². The highest BCUT2D eigenvalue weighted by Crippen LogP contribution is 2.07. The highest BCUT2D eigenvalue weighted by molar-refractivity contribution is 5.64. The van der Waals surface area contributed by atoms with Crippen LogP contribution in [-0.4, -0.2) is 48.8 Å². The Morgan fingerprint density at radius 1 is 1.11 bits per heavy atom. The van der Waals surface area contributed by atoms with Crippen molar-refractivity contribution >= 4 is 6.29 Å². The predicted molar refractivity (Wildman–Crippen MR) is 73.3 cm³/mol. The highest BCUT2D eigenvalue weighted by atomic mass is 19.1. The summed E-state index contributed by atoms with van der Waals surface area (Å²) >= 11 is 0. The molecule has 0 saturated carbocycles. The van der Waals surface area contributed by atoms with E-state index in [1.54, 1.807) is 0 Å². The topological polar surface area (TPSA) is 23.6 Å². The SMILES string of the molecule is O=CC=CN1CCN(CCc2ccc(F)cc2)CC1. The Balaban J connectivity index is 1.72. The average molecular weight is 262 g/mol. The third-order valence-electron chi connectivity index (χ3n) is 3.41. The minimum absolute atomic E-state index is 0.181. The Morgan fingerprint density at radius 2 is 1.79 bits per heavy atom. The summed E-state index contributed by atoms with van der Waals surface area (Å²) < 4.78 is 12.8. The minimum Gasteiger partial charge on any atom is -0.375 e. The Hall–Kier alpha value is -1.68. The van der Waals surface area contributed by atoms with Crippen LogP contribution in [0, 0.1) is 5.82 Å². The molecule has 0 spiro atoms. The molecule has 0 unspecified atom stereocenters. The number of aldehydes is 1. The number of hydrogen-bond acceptors (Lipinski definition) is 3. The van der Waals surface area contributed by atoms with E-state index in [0.717, 1.165) is 45.4 Å². The van der Waals surface area contributed by atoms with Crippen LogP contribution in [0.15, 0.2) is 36.5 Å². The van der Waals surface area contributed by atoms with E-state index in [4.69, 9.17) is 0 Å². The van der Waals surface area contributed by atoms with Gasteiger partial charge < -0.3 is 4.90 Å². The summed E-state index contributed by atoms with van der Waals surface area (Å²) in [7, 11) is 0. The molecule has 0 N–H and O–H groups in total. The molecule has 4 heteroatoms. The Bertz CT molecular complexity index is 422. The van der Waals surface area contributed by atoms with Gasteiger partial charge in [0.05, 0.1) is 0 Å². The predicted octanol–water partition coefficient (Wildman–Crippen LogP) is 1.70.